The highest BCUT2D eigenvalue weighted by molar-refractivity contribution is 4.93. The van der Waals surface area contributed by atoms with Gasteiger partial charge in [0.25, 0.3) is 0 Å². The van der Waals surface area contributed by atoms with Crippen LogP contribution >= 0.6 is 0 Å². The van der Waals surface area contributed by atoms with Crippen LogP contribution in [-0.2, 0) is 4.74 Å². The minimum absolute atomic E-state index is 0.286. The lowest BCUT2D eigenvalue weighted by Crippen LogP contribution is -2.43. The predicted molar refractivity (Wildman–Crippen MR) is 58.4 cm³/mol. The zero-order chi connectivity index (χ0) is 10.0. The smallest absolute Gasteiger partial charge is 0.0685 e. The summed E-state index contributed by atoms with van der Waals surface area (Å²) in [5, 5.41) is 3.39. The molecule has 2 fully saturated rings. The lowest BCUT2D eigenvalue weighted by atomic mass is 9.81. The van der Waals surface area contributed by atoms with Gasteiger partial charge in [0.2, 0.25) is 0 Å². The maximum Gasteiger partial charge on any atom is 0.0685 e. The summed E-state index contributed by atoms with van der Waals surface area (Å²) >= 11 is 0. The molecule has 2 nitrogen and oxygen atoms in total. The van der Waals surface area contributed by atoms with Crippen LogP contribution in [0.1, 0.15) is 45.4 Å². The Labute approximate surface area is 87.4 Å². The van der Waals surface area contributed by atoms with Crippen LogP contribution in [0.5, 0.6) is 0 Å². The summed E-state index contributed by atoms with van der Waals surface area (Å²) < 4.78 is 6.02. The van der Waals surface area contributed by atoms with E-state index < -0.39 is 0 Å². The first-order valence-electron chi connectivity index (χ1n) is 6.07. The van der Waals surface area contributed by atoms with Gasteiger partial charge in [-0.15, -0.1) is 0 Å². The third-order valence-corrected chi connectivity index (χ3v) is 4.21. The van der Waals surface area contributed by atoms with Crippen LogP contribution in [-0.4, -0.2) is 25.3 Å². The highest BCUT2D eigenvalue weighted by Crippen LogP contribution is 2.42. The Kier molecular flexibility index (Phi) is 3.13. The molecule has 0 aromatic carbocycles. The zero-order valence-electron chi connectivity index (χ0n) is 9.51. The van der Waals surface area contributed by atoms with Crippen LogP contribution in [0.4, 0.5) is 0 Å². The van der Waals surface area contributed by atoms with E-state index in [0.29, 0.717) is 6.04 Å². The summed E-state index contributed by atoms with van der Waals surface area (Å²) in [6.45, 7) is 3.29. The van der Waals surface area contributed by atoms with Crippen LogP contribution in [0.2, 0.25) is 0 Å². The van der Waals surface area contributed by atoms with E-state index in [1.54, 1.807) is 0 Å². The van der Waals surface area contributed by atoms with Gasteiger partial charge in [0.1, 0.15) is 0 Å². The molecule has 0 aromatic heterocycles. The molecule has 2 heteroatoms. The third-order valence-electron chi connectivity index (χ3n) is 4.21. The quantitative estimate of drug-likeness (QED) is 0.733. The van der Waals surface area contributed by atoms with E-state index in [1.807, 2.05) is 0 Å². The van der Waals surface area contributed by atoms with Gasteiger partial charge in [-0.1, -0.05) is 12.8 Å². The molecule has 14 heavy (non-hydrogen) atoms. The minimum atomic E-state index is 0.286. The summed E-state index contributed by atoms with van der Waals surface area (Å²) in [6, 6.07) is 0.649. The standard InChI is InChI=1S/C12H23NO/c1-10(13-2)11-5-8-14-12(9-11)6-3-4-7-12/h10-11,13H,3-9H2,1-2H3. The first kappa shape index (κ1) is 10.4. The monoisotopic (exact) mass is 197 g/mol. The highest BCUT2D eigenvalue weighted by Gasteiger charge is 2.40. The van der Waals surface area contributed by atoms with Crippen molar-refractivity contribution in [3.63, 3.8) is 0 Å². The fourth-order valence-corrected chi connectivity index (χ4v) is 3.10. The topological polar surface area (TPSA) is 21.3 Å². The van der Waals surface area contributed by atoms with Gasteiger partial charge in [-0.3, -0.25) is 0 Å². The Morgan fingerprint density at radius 1 is 1.36 bits per heavy atom. The van der Waals surface area contributed by atoms with Crippen LogP contribution in [0.3, 0.4) is 0 Å². The van der Waals surface area contributed by atoms with Gasteiger partial charge in [-0.2, -0.15) is 0 Å². The van der Waals surface area contributed by atoms with Crippen molar-refractivity contribution in [1.29, 1.82) is 0 Å². The second kappa shape index (κ2) is 4.19. The molecule has 1 heterocycles. The van der Waals surface area contributed by atoms with E-state index >= 15 is 0 Å². The Bertz CT molecular complexity index is 187. The molecule has 2 unspecified atom stereocenters. The summed E-state index contributed by atoms with van der Waals surface area (Å²) in [5.41, 5.74) is 0.286. The van der Waals surface area contributed by atoms with Crippen molar-refractivity contribution in [1.82, 2.24) is 5.32 Å². The van der Waals surface area contributed by atoms with Gasteiger partial charge in [-0.05, 0) is 45.6 Å². The van der Waals surface area contributed by atoms with Crippen molar-refractivity contribution >= 4 is 0 Å². The maximum absolute atomic E-state index is 6.02. The molecule has 2 aliphatic rings. The van der Waals surface area contributed by atoms with Crippen LogP contribution < -0.4 is 5.32 Å². The van der Waals surface area contributed by atoms with Gasteiger partial charge in [0, 0.05) is 12.6 Å². The Morgan fingerprint density at radius 3 is 2.71 bits per heavy atom. The number of hydrogen-bond acceptors (Lipinski definition) is 2. The van der Waals surface area contributed by atoms with Gasteiger partial charge in [-0.25, -0.2) is 0 Å². The molecule has 1 saturated carbocycles. The first-order valence-corrected chi connectivity index (χ1v) is 6.07. The van der Waals surface area contributed by atoms with E-state index in [-0.39, 0.29) is 5.60 Å². The van der Waals surface area contributed by atoms with Crippen molar-refractivity contribution in [3.05, 3.63) is 0 Å². The molecule has 0 aromatic rings. The average Bonchev–Trinajstić information content (AvgIpc) is 2.65. The molecule has 1 spiro atoms. The normalized spacial score (nSPS) is 33.4. The van der Waals surface area contributed by atoms with Gasteiger partial charge < -0.3 is 10.1 Å². The third kappa shape index (κ3) is 1.96. The molecule has 0 radical (unpaired) electrons. The number of hydrogen-bond donors (Lipinski definition) is 1. The summed E-state index contributed by atoms with van der Waals surface area (Å²) in [4.78, 5) is 0. The molecule has 2 rings (SSSR count). The number of ether oxygens (including phenoxy) is 1. The molecular weight excluding hydrogens is 174 g/mol. The Morgan fingerprint density at radius 2 is 2.07 bits per heavy atom. The maximum atomic E-state index is 6.02. The van der Waals surface area contributed by atoms with Crippen molar-refractivity contribution in [3.8, 4) is 0 Å². The van der Waals surface area contributed by atoms with E-state index in [0.717, 1.165) is 12.5 Å². The van der Waals surface area contributed by atoms with Crippen molar-refractivity contribution < 1.29 is 4.74 Å². The molecule has 0 bridgehead atoms. The zero-order valence-corrected chi connectivity index (χ0v) is 9.51. The molecule has 1 aliphatic heterocycles. The molecule has 1 saturated heterocycles. The molecule has 0 amide bonds. The van der Waals surface area contributed by atoms with E-state index in [2.05, 4.69) is 19.3 Å². The van der Waals surface area contributed by atoms with Gasteiger partial charge in [0.05, 0.1) is 5.60 Å². The largest absolute Gasteiger partial charge is 0.375 e. The molecule has 82 valence electrons. The van der Waals surface area contributed by atoms with Gasteiger partial charge in [0.15, 0.2) is 0 Å². The second-order valence-electron chi connectivity index (χ2n) is 5.07. The highest BCUT2D eigenvalue weighted by atomic mass is 16.5. The molecular formula is C12H23NO. The predicted octanol–water partition coefficient (Wildman–Crippen LogP) is 2.33. The fourth-order valence-electron chi connectivity index (χ4n) is 3.10. The fraction of sp³-hybridized carbons (Fsp3) is 1.00. The molecule has 1 aliphatic carbocycles. The summed E-state index contributed by atoms with van der Waals surface area (Å²) in [5.74, 6) is 0.826. The molecule has 2 atom stereocenters. The summed E-state index contributed by atoms with van der Waals surface area (Å²) in [6.07, 6.45) is 7.89. The van der Waals surface area contributed by atoms with Crippen LogP contribution in [0.25, 0.3) is 0 Å². The Balaban J connectivity index is 1.96. The van der Waals surface area contributed by atoms with Crippen LogP contribution in [0, 0.1) is 5.92 Å². The van der Waals surface area contributed by atoms with Crippen molar-refractivity contribution in [2.75, 3.05) is 13.7 Å². The van der Waals surface area contributed by atoms with E-state index in [4.69, 9.17) is 4.74 Å². The van der Waals surface area contributed by atoms with Crippen molar-refractivity contribution in [2.45, 2.75) is 57.1 Å². The van der Waals surface area contributed by atoms with E-state index in [9.17, 15) is 0 Å². The van der Waals surface area contributed by atoms with Crippen LogP contribution in [0.15, 0.2) is 0 Å². The van der Waals surface area contributed by atoms with E-state index in [1.165, 1.54) is 38.5 Å². The lowest BCUT2D eigenvalue weighted by molar-refractivity contribution is -0.0966. The first-order chi connectivity index (χ1) is 6.76. The lowest BCUT2D eigenvalue weighted by Gasteiger charge is -2.40. The van der Waals surface area contributed by atoms with Crippen molar-refractivity contribution in [2.24, 2.45) is 5.92 Å². The number of nitrogens with one attached hydrogen (secondary N) is 1. The average molecular weight is 197 g/mol. The Hall–Kier alpha value is -0.0800. The number of rotatable bonds is 2. The SMILES string of the molecule is CNC(C)C1CCOC2(CCCC2)C1. The summed E-state index contributed by atoms with van der Waals surface area (Å²) in [7, 11) is 2.07. The molecule has 1 N–H and O–H groups in total. The second-order valence-corrected chi connectivity index (χ2v) is 5.07. The van der Waals surface area contributed by atoms with Gasteiger partial charge >= 0.3 is 0 Å². The minimum Gasteiger partial charge on any atom is -0.375 e.